The summed E-state index contributed by atoms with van der Waals surface area (Å²) in [5.41, 5.74) is 5.54. The Hall–Kier alpha value is -3.14. The van der Waals surface area contributed by atoms with E-state index >= 15 is 0 Å². The minimum atomic E-state index is 0.894. The monoisotopic (exact) mass is 298 g/mol. The van der Waals surface area contributed by atoms with E-state index in [1.54, 1.807) is 0 Å². The van der Waals surface area contributed by atoms with Crippen LogP contribution in [0.2, 0.25) is 0 Å². The van der Waals surface area contributed by atoms with Crippen LogP contribution in [-0.2, 0) is 0 Å². The molecule has 0 aliphatic carbocycles. The zero-order valence-electron chi connectivity index (χ0n) is 12.6. The van der Waals surface area contributed by atoms with Gasteiger partial charge in [0.15, 0.2) is 0 Å². The lowest BCUT2D eigenvalue weighted by molar-refractivity contribution is 1.03. The number of hydrogen-bond acceptors (Lipinski definition) is 2. The normalized spacial score (nSPS) is 11.7. The molecule has 110 valence electrons. The smallest absolute Gasteiger partial charge is 0.221 e. The van der Waals surface area contributed by atoms with Crippen molar-refractivity contribution in [2.24, 2.45) is 0 Å². The molecule has 0 amide bonds. The van der Waals surface area contributed by atoms with Crippen LogP contribution < -0.4 is 0 Å². The van der Waals surface area contributed by atoms with Crippen LogP contribution in [0, 0.1) is 6.92 Å². The number of imidazole rings is 2. The Morgan fingerprint density at radius 3 is 2.39 bits per heavy atom. The number of aromatic nitrogens is 4. The average molecular weight is 298 g/mol. The Balaban J connectivity index is 2.04. The summed E-state index contributed by atoms with van der Waals surface area (Å²) in [7, 11) is 0. The van der Waals surface area contributed by atoms with Crippen LogP contribution in [0.3, 0.4) is 0 Å². The van der Waals surface area contributed by atoms with Gasteiger partial charge in [0.25, 0.3) is 0 Å². The van der Waals surface area contributed by atoms with Gasteiger partial charge >= 0.3 is 0 Å². The number of rotatable bonds is 1. The summed E-state index contributed by atoms with van der Waals surface area (Å²) in [6.07, 6.45) is 1.85. The van der Waals surface area contributed by atoms with Gasteiger partial charge in [-0.2, -0.15) is 0 Å². The first kappa shape index (κ1) is 12.4. The maximum Gasteiger partial charge on any atom is 0.221 e. The van der Waals surface area contributed by atoms with E-state index in [4.69, 9.17) is 4.98 Å². The van der Waals surface area contributed by atoms with E-state index in [9.17, 15) is 0 Å². The molecule has 0 atom stereocenters. The topological polar surface area (TPSA) is 35.1 Å². The molecule has 0 spiro atoms. The molecule has 4 heteroatoms. The second-order valence-electron chi connectivity index (χ2n) is 5.75. The SMILES string of the molecule is Cc1ccnc(-n2c3ccccc3n3c4ccccc4nc23)c1. The first-order valence-corrected chi connectivity index (χ1v) is 7.62. The average Bonchev–Trinajstić information content (AvgIpc) is 3.09. The number of benzene rings is 2. The highest BCUT2D eigenvalue weighted by Gasteiger charge is 2.16. The third-order valence-electron chi connectivity index (χ3n) is 4.24. The highest BCUT2D eigenvalue weighted by Crippen LogP contribution is 2.28. The van der Waals surface area contributed by atoms with E-state index in [2.05, 4.69) is 57.3 Å². The minimum absolute atomic E-state index is 0.894. The maximum absolute atomic E-state index is 4.84. The third-order valence-corrected chi connectivity index (χ3v) is 4.24. The van der Waals surface area contributed by atoms with Crippen molar-refractivity contribution in [1.29, 1.82) is 0 Å². The highest BCUT2D eigenvalue weighted by atomic mass is 15.2. The zero-order chi connectivity index (χ0) is 15.4. The molecule has 0 N–H and O–H groups in total. The van der Waals surface area contributed by atoms with Gasteiger partial charge in [0.05, 0.1) is 22.1 Å². The molecule has 0 unspecified atom stereocenters. The van der Waals surface area contributed by atoms with Gasteiger partial charge in [-0.15, -0.1) is 0 Å². The summed E-state index contributed by atoms with van der Waals surface area (Å²) in [5, 5.41) is 0. The van der Waals surface area contributed by atoms with Crippen molar-refractivity contribution >= 4 is 27.8 Å². The fourth-order valence-electron chi connectivity index (χ4n) is 3.22. The number of fused-ring (bicyclic) bond motifs is 5. The summed E-state index contributed by atoms with van der Waals surface area (Å²) in [4.78, 5) is 9.41. The van der Waals surface area contributed by atoms with Crippen LogP contribution in [0.4, 0.5) is 0 Å². The van der Waals surface area contributed by atoms with Crippen molar-refractivity contribution in [3.8, 4) is 5.82 Å². The van der Waals surface area contributed by atoms with Gasteiger partial charge in [-0.1, -0.05) is 24.3 Å². The molecular weight excluding hydrogens is 284 g/mol. The van der Waals surface area contributed by atoms with Crippen LogP contribution >= 0.6 is 0 Å². The Morgan fingerprint density at radius 2 is 1.57 bits per heavy atom. The van der Waals surface area contributed by atoms with Crippen molar-refractivity contribution in [2.75, 3.05) is 0 Å². The maximum atomic E-state index is 4.84. The van der Waals surface area contributed by atoms with Crippen LogP contribution in [0.15, 0.2) is 66.9 Å². The highest BCUT2D eigenvalue weighted by molar-refractivity contribution is 5.91. The Bertz CT molecular complexity index is 1180. The molecule has 0 bridgehead atoms. The molecule has 0 aliphatic rings. The summed E-state index contributed by atoms with van der Waals surface area (Å²) >= 11 is 0. The van der Waals surface area contributed by atoms with Crippen molar-refractivity contribution in [3.05, 3.63) is 72.4 Å². The van der Waals surface area contributed by atoms with E-state index in [1.807, 2.05) is 30.5 Å². The van der Waals surface area contributed by atoms with E-state index in [0.717, 1.165) is 33.7 Å². The largest absolute Gasteiger partial charge is 0.276 e. The van der Waals surface area contributed by atoms with Gasteiger partial charge in [-0.05, 0) is 48.9 Å². The number of nitrogens with zero attached hydrogens (tertiary/aromatic N) is 4. The fraction of sp³-hybridized carbons (Fsp3) is 0.0526. The predicted molar refractivity (Wildman–Crippen MR) is 92.1 cm³/mol. The lowest BCUT2D eigenvalue weighted by Gasteiger charge is -2.04. The van der Waals surface area contributed by atoms with Gasteiger partial charge < -0.3 is 0 Å². The molecule has 0 radical (unpaired) electrons. The molecule has 0 aliphatic heterocycles. The molecule has 23 heavy (non-hydrogen) atoms. The predicted octanol–water partition coefficient (Wildman–Crippen LogP) is 4.13. The molecule has 3 heterocycles. The van der Waals surface area contributed by atoms with Crippen molar-refractivity contribution in [2.45, 2.75) is 6.92 Å². The first-order valence-electron chi connectivity index (χ1n) is 7.62. The fourth-order valence-corrected chi connectivity index (χ4v) is 3.22. The van der Waals surface area contributed by atoms with Crippen molar-refractivity contribution < 1.29 is 0 Å². The van der Waals surface area contributed by atoms with Crippen LogP contribution in [0.25, 0.3) is 33.7 Å². The molecule has 0 saturated carbocycles. The van der Waals surface area contributed by atoms with Crippen LogP contribution in [0.5, 0.6) is 0 Å². The van der Waals surface area contributed by atoms with Gasteiger partial charge in [-0.3, -0.25) is 8.97 Å². The van der Waals surface area contributed by atoms with Gasteiger partial charge in [0.2, 0.25) is 5.78 Å². The summed E-state index contributed by atoms with van der Waals surface area (Å²) < 4.78 is 4.33. The Morgan fingerprint density at radius 1 is 0.826 bits per heavy atom. The molecule has 0 saturated heterocycles. The van der Waals surface area contributed by atoms with E-state index in [-0.39, 0.29) is 0 Å². The van der Waals surface area contributed by atoms with Crippen LogP contribution in [0.1, 0.15) is 5.56 Å². The summed E-state index contributed by atoms with van der Waals surface area (Å²) in [6, 6.07) is 20.7. The zero-order valence-corrected chi connectivity index (χ0v) is 12.6. The second kappa shape index (κ2) is 4.43. The van der Waals surface area contributed by atoms with Crippen molar-refractivity contribution in [1.82, 2.24) is 18.9 Å². The van der Waals surface area contributed by atoms with E-state index in [1.165, 1.54) is 5.56 Å². The third kappa shape index (κ3) is 1.66. The van der Waals surface area contributed by atoms with Gasteiger partial charge in [0.1, 0.15) is 5.82 Å². The summed E-state index contributed by atoms with van der Waals surface area (Å²) in [6.45, 7) is 2.08. The molecule has 4 nitrogen and oxygen atoms in total. The van der Waals surface area contributed by atoms with Gasteiger partial charge in [0, 0.05) is 6.20 Å². The first-order chi connectivity index (χ1) is 11.3. The standard InChI is InChI=1S/C19H14N4/c1-13-10-11-20-18(12-13)23-17-9-5-4-8-16(17)22-15-7-3-2-6-14(15)21-19(22)23/h2-12H,1H3. The molecule has 3 aromatic heterocycles. The molecule has 5 rings (SSSR count). The molecule has 0 fully saturated rings. The van der Waals surface area contributed by atoms with E-state index < -0.39 is 0 Å². The minimum Gasteiger partial charge on any atom is -0.276 e. The summed E-state index contributed by atoms with van der Waals surface area (Å²) in [5.74, 6) is 1.79. The Labute approximate surface area is 132 Å². The molecular formula is C19H14N4. The molecule has 5 aromatic rings. The van der Waals surface area contributed by atoms with Crippen LogP contribution in [-0.4, -0.2) is 18.9 Å². The van der Waals surface area contributed by atoms with Crippen molar-refractivity contribution in [3.63, 3.8) is 0 Å². The number of hydrogen-bond donors (Lipinski definition) is 0. The molecule has 2 aromatic carbocycles. The number of pyridine rings is 1. The second-order valence-corrected chi connectivity index (χ2v) is 5.75. The number of aryl methyl sites for hydroxylation is 1. The number of para-hydroxylation sites is 4. The lowest BCUT2D eigenvalue weighted by atomic mass is 10.2. The Kier molecular flexibility index (Phi) is 2.39. The van der Waals surface area contributed by atoms with E-state index in [0.29, 0.717) is 0 Å². The lowest BCUT2D eigenvalue weighted by Crippen LogP contribution is -1.98. The quantitative estimate of drug-likeness (QED) is 0.466. The van der Waals surface area contributed by atoms with Gasteiger partial charge in [-0.25, -0.2) is 9.97 Å².